The first-order valence-electron chi connectivity index (χ1n) is 4.60. The van der Waals surface area contributed by atoms with Gasteiger partial charge in [0, 0.05) is 30.1 Å². The van der Waals surface area contributed by atoms with Gasteiger partial charge in [0.1, 0.15) is 0 Å². The summed E-state index contributed by atoms with van der Waals surface area (Å²) in [7, 11) is 0. The van der Waals surface area contributed by atoms with Gasteiger partial charge in [0.15, 0.2) is 0 Å². The molecule has 1 aliphatic rings. The first-order valence-corrected chi connectivity index (χ1v) is 5.44. The van der Waals surface area contributed by atoms with Gasteiger partial charge >= 0.3 is 0 Å². The van der Waals surface area contributed by atoms with Crippen molar-refractivity contribution in [1.29, 1.82) is 0 Å². The standard InChI is InChI=1S/C9H14N2OS/c10-9(8-4-11-13-6-8)7-2-1-3-12-5-7/h4,6-7,9H,1-3,5,10H2. The van der Waals surface area contributed by atoms with Crippen LogP contribution in [0.25, 0.3) is 0 Å². The number of nitrogens with zero attached hydrogens (tertiary/aromatic N) is 1. The van der Waals surface area contributed by atoms with Crippen LogP contribution in [-0.4, -0.2) is 17.6 Å². The van der Waals surface area contributed by atoms with E-state index in [1.54, 1.807) is 0 Å². The Labute approximate surface area is 82.1 Å². The van der Waals surface area contributed by atoms with Crippen LogP contribution in [0.3, 0.4) is 0 Å². The molecule has 0 bridgehead atoms. The molecule has 1 fully saturated rings. The molecule has 0 spiro atoms. The molecule has 0 aromatic carbocycles. The van der Waals surface area contributed by atoms with E-state index in [4.69, 9.17) is 10.5 Å². The van der Waals surface area contributed by atoms with Crippen LogP contribution in [0.2, 0.25) is 0 Å². The molecular formula is C9H14N2OS. The van der Waals surface area contributed by atoms with Gasteiger partial charge in [-0.05, 0) is 29.9 Å². The van der Waals surface area contributed by atoms with Crippen LogP contribution < -0.4 is 5.73 Å². The van der Waals surface area contributed by atoms with Gasteiger partial charge in [-0.3, -0.25) is 0 Å². The van der Waals surface area contributed by atoms with Crippen molar-refractivity contribution in [3.63, 3.8) is 0 Å². The zero-order chi connectivity index (χ0) is 9.10. The summed E-state index contributed by atoms with van der Waals surface area (Å²) in [6.45, 7) is 1.70. The Morgan fingerprint density at radius 2 is 2.62 bits per heavy atom. The summed E-state index contributed by atoms with van der Waals surface area (Å²) in [6.07, 6.45) is 4.18. The Balaban J connectivity index is 1.99. The maximum atomic E-state index is 6.10. The molecule has 1 aliphatic heterocycles. The summed E-state index contributed by atoms with van der Waals surface area (Å²) in [6, 6.07) is 0.110. The third kappa shape index (κ3) is 2.07. The molecule has 2 unspecified atom stereocenters. The lowest BCUT2D eigenvalue weighted by atomic mass is 9.91. The van der Waals surface area contributed by atoms with Crippen molar-refractivity contribution in [3.8, 4) is 0 Å². The SMILES string of the molecule is NC(c1cnsc1)C1CCCOC1. The van der Waals surface area contributed by atoms with Gasteiger partial charge in [0.2, 0.25) is 0 Å². The van der Waals surface area contributed by atoms with Crippen LogP contribution in [0.5, 0.6) is 0 Å². The second-order valence-corrected chi connectivity index (χ2v) is 4.12. The van der Waals surface area contributed by atoms with E-state index in [1.165, 1.54) is 18.0 Å². The summed E-state index contributed by atoms with van der Waals surface area (Å²) in [5, 5.41) is 2.03. The lowest BCUT2D eigenvalue weighted by Crippen LogP contribution is -2.28. The average molecular weight is 198 g/mol. The lowest BCUT2D eigenvalue weighted by molar-refractivity contribution is 0.0448. The Morgan fingerprint density at radius 1 is 1.69 bits per heavy atom. The van der Waals surface area contributed by atoms with Gasteiger partial charge in [0.05, 0.1) is 6.61 Å². The molecule has 72 valence electrons. The fourth-order valence-corrected chi connectivity index (χ4v) is 2.28. The minimum atomic E-state index is 0.110. The smallest absolute Gasteiger partial charge is 0.0512 e. The van der Waals surface area contributed by atoms with Gasteiger partial charge in [0.25, 0.3) is 0 Å². The molecule has 4 heteroatoms. The molecule has 0 amide bonds. The van der Waals surface area contributed by atoms with E-state index in [-0.39, 0.29) is 6.04 Å². The van der Waals surface area contributed by atoms with Crippen molar-refractivity contribution in [2.45, 2.75) is 18.9 Å². The van der Waals surface area contributed by atoms with Gasteiger partial charge in [-0.25, -0.2) is 4.37 Å². The second-order valence-electron chi connectivity index (χ2n) is 3.46. The maximum absolute atomic E-state index is 6.10. The molecule has 1 aromatic heterocycles. The third-order valence-electron chi connectivity index (χ3n) is 2.54. The van der Waals surface area contributed by atoms with E-state index in [9.17, 15) is 0 Å². The number of aromatic nitrogens is 1. The maximum Gasteiger partial charge on any atom is 0.0512 e. The zero-order valence-corrected chi connectivity index (χ0v) is 8.30. The van der Waals surface area contributed by atoms with Gasteiger partial charge in [-0.2, -0.15) is 0 Å². The minimum Gasteiger partial charge on any atom is -0.381 e. The molecule has 0 saturated carbocycles. The third-order valence-corrected chi connectivity index (χ3v) is 3.14. The number of rotatable bonds is 2. The van der Waals surface area contributed by atoms with E-state index in [0.717, 1.165) is 25.2 Å². The van der Waals surface area contributed by atoms with Crippen molar-refractivity contribution in [2.75, 3.05) is 13.2 Å². The van der Waals surface area contributed by atoms with Crippen molar-refractivity contribution in [2.24, 2.45) is 11.7 Å². The highest BCUT2D eigenvalue weighted by Gasteiger charge is 2.22. The van der Waals surface area contributed by atoms with E-state index in [2.05, 4.69) is 4.37 Å². The number of hydrogen-bond acceptors (Lipinski definition) is 4. The summed E-state index contributed by atoms with van der Waals surface area (Å²) in [4.78, 5) is 0. The summed E-state index contributed by atoms with van der Waals surface area (Å²) in [5.74, 6) is 0.477. The summed E-state index contributed by atoms with van der Waals surface area (Å²) < 4.78 is 9.46. The minimum absolute atomic E-state index is 0.110. The predicted octanol–water partition coefficient (Wildman–Crippen LogP) is 1.57. The molecule has 13 heavy (non-hydrogen) atoms. The quantitative estimate of drug-likeness (QED) is 0.784. The molecule has 3 nitrogen and oxygen atoms in total. The fraction of sp³-hybridized carbons (Fsp3) is 0.667. The molecule has 1 saturated heterocycles. The van der Waals surface area contributed by atoms with Crippen LogP contribution in [0.4, 0.5) is 0 Å². The van der Waals surface area contributed by atoms with E-state index in [0.29, 0.717) is 5.92 Å². The van der Waals surface area contributed by atoms with Crippen molar-refractivity contribution in [1.82, 2.24) is 4.37 Å². The highest BCUT2D eigenvalue weighted by atomic mass is 32.1. The van der Waals surface area contributed by atoms with E-state index >= 15 is 0 Å². The fourth-order valence-electron chi connectivity index (χ4n) is 1.70. The number of hydrogen-bond donors (Lipinski definition) is 1. The number of nitrogens with two attached hydrogens (primary N) is 1. The highest BCUT2D eigenvalue weighted by molar-refractivity contribution is 7.03. The van der Waals surface area contributed by atoms with Gasteiger partial charge in [-0.1, -0.05) is 0 Å². The second kappa shape index (κ2) is 4.17. The van der Waals surface area contributed by atoms with Gasteiger partial charge in [-0.15, -0.1) is 0 Å². The molecule has 2 atom stereocenters. The van der Waals surface area contributed by atoms with E-state index < -0.39 is 0 Å². The largest absolute Gasteiger partial charge is 0.381 e. The monoisotopic (exact) mass is 198 g/mol. The van der Waals surface area contributed by atoms with Crippen molar-refractivity contribution < 1.29 is 4.74 Å². The molecule has 2 N–H and O–H groups in total. The zero-order valence-electron chi connectivity index (χ0n) is 7.48. The van der Waals surface area contributed by atoms with Crippen molar-refractivity contribution >= 4 is 11.5 Å². The summed E-state index contributed by atoms with van der Waals surface area (Å²) >= 11 is 1.46. The highest BCUT2D eigenvalue weighted by Crippen LogP contribution is 2.26. The molecular weight excluding hydrogens is 184 g/mol. The molecule has 1 aromatic rings. The van der Waals surface area contributed by atoms with Crippen LogP contribution in [0.1, 0.15) is 24.4 Å². The molecule has 2 rings (SSSR count). The van der Waals surface area contributed by atoms with Gasteiger partial charge < -0.3 is 10.5 Å². The predicted molar refractivity (Wildman–Crippen MR) is 52.6 cm³/mol. The summed E-state index contributed by atoms with van der Waals surface area (Å²) in [5.41, 5.74) is 7.25. The Bertz CT molecular complexity index is 244. The van der Waals surface area contributed by atoms with Crippen LogP contribution in [-0.2, 0) is 4.74 Å². The lowest BCUT2D eigenvalue weighted by Gasteiger charge is -2.26. The van der Waals surface area contributed by atoms with E-state index in [1.807, 2.05) is 11.6 Å². The first kappa shape index (κ1) is 9.12. The number of ether oxygens (including phenoxy) is 1. The topological polar surface area (TPSA) is 48.1 Å². The molecule has 2 heterocycles. The van der Waals surface area contributed by atoms with Crippen LogP contribution in [0, 0.1) is 5.92 Å². The normalized spacial score (nSPS) is 25.8. The Hall–Kier alpha value is -0.450. The Kier molecular flexibility index (Phi) is 2.93. The van der Waals surface area contributed by atoms with Crippen LogP contribution >= 0.6 is 11.5 Å². The first-order chi connectivity index (χ1) is 6.38. The average Bonchev–Trinajstić information content (AvgIpc) is 2.71. The molecule has 0 aliphatic carbocycles. The van der Waals surface area contributed by atoms with Crippen molar-refractivity contribution in [3.05, 3.63) is 17.1 Å². The van der Waals surface area contributed by atoms with Crippen LogP contribution in [0.15, 0.2) is 11.6 Å². The Morgan fingerprint density at radius 3 is 3.23 bits per heavy atom. The molecule has 0 radical (unpaired) electrons.